The van der Waals surface area contributed by atoms with Crippen molar-refractivity contribution in [2.75, 3.05) is 26.2 Å². The number of rotatable bonds is 8. The molecule has 1 fully saturated rings. The second kappa shape index (κ2) is 9.07. The average molecular weight is 450 g/mol. The molecule has 0 aliphatic carbocycles. The van der Waals surface area contributed by atoms with Gasteiger partial charge in [-0.3, -0.25) is 19.8 Å². The van der Waals surface area contributed by atoms with Crippen LogP contribution < -0.4 is 23.8 Å². The predicted octanol–water partition coefficient (Wildman–Crippen LogP) is 4.16. The highest BCUT2D eigenvalue weighted by Gasteiger charge is 2.51. The normalized spacial score (nSPS) is 17.2. The molecule has 0 aromatic heterocycles. The summed E-state index contributed by atoms with van der Waals surface area (Å²) in [6.45, 7) is 0. The van der Waals surface area contributed by atoms with Gasteiger partial charge in [-0.2, -0.15) is 0 Å². The molecule has 0 saturated carbocycles. The van der Waals surface area contributed by atoms with E-state index < -0.39 is 17.1 Å². The molecule has 1 heterocycles. The zero-order valence-corrected chi connectivity index (χ0v) is 18.3. The molecule has 9 heteroatoms. The maximum atomic E-state index is 13.2. The lowest BCUT2D eigenvalue weighted by atomic mass is 9.89. The molecule has 1 aliphatic heterocycles. The third-order valence-electron chi connectivity index (χ3n) is 5.44. The lowest BCUT2D eigenvalue weighted by Gasteiger charge is -2.46. The summed E-state index contributed by atoms with van der Waals surface area (Å²) >= 11 is 0. The zero-order valence-electron chi connectivity index (χ0n) is 18.3. The molecule has 0 radical (unpaired) electrons. The minimum atomic E-state index is -0.837. The molecule has 33 heavy (non-hydrogen) atoms. The van der Waals surface area contributed by atoms with Gasteiger partial charge in [0, 0.05) is 12.1 Å². The number of β-lactam (4-membered cyclic amide) rings is 1. The third-order valence-corrected chi connectivity index (χ3v) is 5.44. The third kappa shape index (κ3) is 4.12. The highest BCUT2D eigenvalue weighted by molar-refractivity contribution is 6.05. The minimum Gasteiger partial charge on any atom is -0.497 e. The van der Waals surface area contributed by atoms with Crippen molar-refractivity contribution in [3.8, 4) is 23.0 Å². The van der Waals surface area contributed by atoms with Crippen LogP contribution in [0.5, 0.6) is 23.0 Å². The van der Waals surface area contributed by atoms with E-state index >= 15 is 0 Å². The van der Waals surface area contributed by atoms with Gasteiger partial charge in [-0.1, -0.05) is 12.1 Å². The van der Waals surface area contributed by atoms with Gasteiger partial charge in [0.2, 0.25) is 6.10 Å². The summed E-state index contributed by atoms with van der Waals surface area (Å²) in [5.41, 5.74) is 1.03. The van der Waals surface area contributed by atoms with Crippen molar-refractivity contribution in [2.45, 2.75) is 12.1 Å². The van der Waals surface area contributed by atoms with Crippen molar-refractivity contribution in [3.63, 3.8) is 0 Å². The first-order chi connectivity index (χ1) is 16.0. The second-order valence-corrected chi connectivity index (χ2v) is 7.26. The van der Waals surface area contributed by atoms with Crippen molar-refractivity contribution in [3.05, 3.63) is 82.4 Å². The van der Waals surface area contributed by atoms with Crippen LogP contribution in [0.3, 0.4) is 0 Å². The van der Waals surface area contributed by atoms with Crippen LogP contribution >= 0.6 is 0 Å². The molecule has 170 valence electrons. The first-order valence-corrected chi connectivity index (χ1v) is 10.1. The van der Waals surface area contributed by atoms with Gasteiger partial charge in [0.1, 0.15) is 17.5 Å². The van der Waals surface area contributed by atoms with E-state index in [1.165, 1.54) is 31.3 Å². The Hall–Kier alpha value is -4.27. The van der Waals surface area contributed by atoms with Gasteiger partial charge in [-0.05, 0) is 48.0 Å². The number of nitro benzene ring substituents is 1. The van der Waals surface area contributed by atoms with Gasteiger partial charge >= 0.3 is 0 Å². The summed E-state index contributed by atoms with van der Waals surface area (Å²) in [6.07, 6.45) is -0.837. The van der Waals surface area contributed by atoms with E-state index in [-0.39, 0.29) is 11.6 Å². The van der Waals surface area contributed by atoms with E-state index in [1.807, 2.05) is 6.07 Å². The number of nitrogens with zero attached hydrogens (tertiary/aromatic N) is 2. The Labute approximate surface area is 190 Å². The fraction of sp³-hybridized carbons (Fsp3) is 0.208. The molecular weight excluding hydrogens is 428 g/mol. The Kier molecular flexibility index (Phi) is 6.03. The molecule has 4 rings (SSSR count). The van der Waals surface area contributed by atoms with Crippen molar-refractivity contribution in [1.29, 1.82) is 0 Å². The molecule has 3 aromatic rings. The smallest absolute Gasteiger partial charge is 0.271 e. The van der Waals surface area contributed by atoms with Gasteiger partial charge in [-0.15, -0.1) is 0 Å². The number of methoxy groups -OCH3 is 3. The first kappa shape index (κ1) is 21.9. The molecule has 0 N–H and O–H groups in total. The van der Waals surface area contributed by atoms with E-state index in [0.717, 1.165) is 5.56 Å². The monoisotopic (exact) mass is 450 g/mol. The molecular formula is C24H22N2O7. The molecule has 2 atom stereocenters. The number of hydrogen-bond acceptors (Lipinski definition) is 7. The van der Waals surface area contributed by atoms with Crippen LogP contribution in [0.1, 0.15) is 11.6 Å². The highest BCUT2D eigenvalue weighted by Crippen LogP contribution is 2.44. The zero-order chi connectivity index (χ0) is 23.5. The summed E-state index contributed by atoms with van der Waals surface area (Å²) in [5.74, 6) is 1.89. The standard InChI is InChI=1S/C24H22N2O7/c1-30-18-8-10-19(11-9-18)33-23-22(15-7-12-20(31-2)21(13-15)32-3)25(24(23)27)16-5-4-6-17(14-16)26(28)29/h4-14,22-23H,1-3H3/t22-,23+/m0/s1. The van der Waals surface area contributed by atoms with Gasteiger partial charge in [0.25, 0.3) is 11.6 Å². The molecule has 3 aromatic carbocycles. The van der Waals surface area contributed by atoms with Gasteiger partial charge in [0.05, 0.1) is 31.9 Å². The SMILES string of the molecule is COc1ccc(O[C@H]2C(=O)N(c3cccc([N+](=O)[O-])c3)[C@H]2c2ccc(OC)c(OC)c2)cc1. The second-order valence-electron chi connectivity index (χ2n) is 7.26. The largest absolute Gasteiger partial charge is 0.497 e. The van der Waals surface area contributed by atoms with Gasteiger partial charge < -0.3 is 18.9 Å². The van der Waals surface area contributed by atoms with E-state index in [1.54, 1.807) is 55.6 Å². The maximum absolute atomic E-state index is 13.2. The highest BCUT2D eigenvalue weighted by atomic mass is 16.6. The number of anilines is 1. The van der Waals surface area contributed by atoms with Crippen LogP contribution in [0, 0.1) is 10.1 Å². The number of ether oxygens (including phenoxy) is 4. The summed E-state index contributed by atoms with van der Waals surface area (Å²) < 4.78 is 21.9. The topological polar surface area (TPSA) is 100 Å². The van der Waals surface area contributed by atoms with Crippen molar-refractivity contribution < 1.29 is 28.7 Å². The average Bonchev–Trinajstić information content (AvgIpc) is 2.85. The number of amides is 1. The number of hydrogen-bond donors (Lipinski definition) is 0. The number of carbonyl (C=O) groups excluding carboxylic acids is 1. The van der Waals surface area contributed by atoms with Crippen molar-refractivity contribution >= 4 is 17.3 Å². The minimum absolute atomic E-state index is 0.106. The first-order valence-electron chi connectivity index (χ1n) is 10.1. The fourth-order valence-electron chi connectivity index (χ4n) is 3.78. The van der Waals surface area contributed by atoms with Crippen molar-refractivity contribution in [1.82, 2.24) is 0 Å². The Balaban J connectivity index is 1.73. The molecule has 1 aliphatic rings. The fourth-order valence-corrected chi connectivity index (χ4v) is 3.78. The molecule has 0 bridgehead atoms. The lowest BCUT2D eigenvalue weighted by Crippen LogP contribution is -2.61. The van der Waals surface area contributed by atoms with Gasteiger partial charge in [-0.25, -0.2) is 0 Å². The summed E-state index contributed by atoms with van der Waals surface area (Å²) in [6, 6.07) is 17.6. The van der Waals surface area contributed by atoms with Crippen LogP contribution in [0.15, 0.2) is 66.7 Å². The quantitative estimate of drug-likeness (QED) is 0.289. The Bertz CT molecular complexity index is 1180. The van der Waals surface area contributed by atoms with Crippen LogP contribution in [-0.4, -0.2) is 38.3 Å². The summed E-state index contributed by atoms with van der Waals surface area (Å²) in [7, 11) is 4.63. The maximum Gasteiger partial charge on any atom is 0.271 e. The van der Waals surface area contributed by atoms with E-state index in [9.17, 15) is 14.9 Å². The molecule has 1 amide bonds. The number of carbonyl (C=O) groups is 1. The Morgan fingerprint density at radius 3 is 2.18 bits per heavy atom. The number of nitro groups is 1. The molecule has 9 nitrogen and oxygen atoms in total. The van der Waals surface area contributed by atoms with E-state index in [4.69, 9.17) is 18.9 Å². The molecule has 0 spiro atoms. The summed E-state index contributed by atoms with van der Waals surface area (Å²) in [4.78, 5) is 25.4. The lowest BCUT2D eigenvalue weighted by molar-refractivity contribution is -0.384. The van der Waals surface area contributed by atoms with E-state index in [0.29, 0.717) is 28.7 Å². The van der Waals surface area contributed by atoms with Crippen LogP contribution in [0.4, 0.5) is 11.4 Å². The Morgan fingerprint density at radius 1 is 0.848 bits per heavy atom. The van der Waals surface area contributed by atoms with Crippen LogP contribution in [0.2, 0.25) is 0 Å². The Morgan fingerprint density at radius 2 is 1.55 bits per heavy atom. The number of non-ortho nitro benzene ring substituents is 1. The van der Waals surface area contributed by atoms with E-state index in [2.05, 4.69) is 0 Å². The number of benzene rings is 3. The predicted molar refractivity (Wildman–Crippen MR) is 120 cm³/mol. The molecule has 0 unspecified atom stereocenters. The molecule has 1 saturated heterocycles. The van der Waals surface area contributed by atoms with Gasteiger partial charge in [0.15, 0.2) is 11.5 Å². The van der Waals surface area contributed by atoms with Crippen molar-refractivity contribution in [2.24, 2.45) is 0 Å². The van der Waals surface area contributed by atoms with Crippen LogP contribution in [-0.2, 0) is 4.79 Å². The summed E-state index contributed by atoms with van der Waals surface area (Å²) in [5, 5.41) is 11.3. The van der Waals surface area contributed by atoms with Crippen LogP contribution in [0.25, 0.3) is 0 Å².